The van der Waals surface area contributed by atoms with Crippen molar-refractivity contribution < 1.29 is 14.3 Å². The molecule has 0 radical (unpaired) electrons. The van der Waals surface area contributed by atoms with Gasteiger partial charge in [0.05, 0.1) is 11.6 Å². The molecule has 1 heterocycles. The third-order valence-corrected chi connectivity index (χ3v) is 3.19. The van der Waals surface area contributed by atoms with Crippen LogP contribution in [0.1, 0.15) is 11.1 Å². The van der Waals surface area contributed by atoms with Gasteiger partial charge in [-0.25, -0.2) is 4.39 Å². The van der Waals surface area contributed by atoms with Gasteiger partial charge in [-0.3, -0.25) is 9.69 Å². The summed E-state index contributed by atoms with van der Waals surface area (Å²) in [5.74, 6) is -1.34. The second-order valence-electron chi connectivity index (χ2n) is 4.45. The molecule has 0 spiro atoms. The first-order valence-corrected chi connectivity index (χ1v) is 5.98. The molecule has 5 nitrogen and oxygen atoms in total. The van der Waals surface area contributed by atoms with E-state index in [0.717, 1.165) is 0 Å². The fourth-order valence-electron chi connectivity index (χ4n) is 2.16. The fourth-order valence-corrected chi connectivity index (χ4v) is 2.16. The summed E-state index contributed by atoms with van der Waals surface area (Å²) < 4.78 is 13.7. The molecule has 0 aromatic heterocycles. The number of hydrogen-bond acceptors (Lipinski definition) is 4. The Morgan fingerprint density at radius 1 is 1.63 bits per heavy atom. The highest BCUT2D eigenvalue weighted by molar-refractivity contribution is 5.74. The van der Waals surface area contributed by atoms with Gasteiger partial charge in [-0.05, 0) is 18.2 Å². The topological polar surface area (TPSA) is 76.4 Å². The molecular formula is C13H14FN3O2. The third kappa shape index (κ3) is 3.08. The van der Waals surface area contributed by atoms with Crippen molar-refractivity contribution in [2.45, 2.75) is 12.6 Å². The summed E-state index contributed by atoms with van der Waals surface area (Å²) in [5.41, 5.74) is 0.727. The number of rotatable bonds is 3. The lowest BCUT2D eigenvalue weighted by atomic mass is 10.1. The van der Waals surface area contributed by atoms with Crippen LogP contribution in [0, 0.1) is 17.1 Å². The summed E-state index contributed by atoms with van der Waals surface area (Å²) in [6.07, 6.45) is 0. The van der Waals surface area contributed by atoms with Crippen molar-refractivity contribution in [3.63, 3.8) is 0 Å². The zero-order chi connectivity index (χ0) is 13.8. The number of piperazine rings is 1. The van der Waals surface area contributed by atoms with Crippen LogP contribution in [-0.2, 0) is 11.3 Å². The Morgan fingerprint density at radius 2 is 2.42 bits per heavy atom. The van der Waals surface area contributed by atoms with Crippen LogP contribution in [0.3, 0.4) is 0 Å². The Hall–Kier alpha value is -1.97. The smallest absolute Gasteiger partial charge is 0.322 e. The molecule has 0 saturated carbocycles. The van der Waals surface area contributed by atoms with Crippen molar-refractivity contribution in [2.24, 2.45) is 0 Å². The molecule has 1 aliphatic rings. The number of hydrogen-bond donors (Lipinski definition) is 2. The van der Waals surface area contributed by atoms with Crippen LogP contribution >= 0.6 is 0 Å². The van der Waals surface area contributed by atoms with E-state index in [0.29, 0.717) is 30.8 Å². The molecule has 0 aliphatic carbocycles. The van der Waals surface area contributed by atoms with Gasteiger partial charge in [0.25, 0.3) is 0 Å². The second kappa shape index (κ2) is 5.78. The highest BCUT2D eigenvalue weighted by Gasteiger charge is 2.28. The zero-order valence-electron chi connectivity index (χ0n) is 10.3. The number of halogens is 1. The van der Waals surface area contributed by atoms with E-state index in [-0.39, 0.29) is 6.54 Å². The predicted molar refractivity (Wildman–Crippen MR) is 65.8 cm³/mol. The van der Waals surface area contributed by atoms with Gasteiger partial charge in [0.2, 0.25) is 0 Å². The standard InChI is InChI=1S/C13H14FN3O2/c14-11-2-1-9(6-15)5-10(11)8-17-4-3-16-7-12(17)13(18)19/h1-2,5,12,16H,3-4,7-8H2,(H,18,19). The lowest BCUT2D eigenvalue weighted by Gasteiger charge is -2.33. The van der Waals surface area contributed by atoms with Gasteiger partial charge < -0.3 is 10.4 Å². The molecule has 19 heavy (non-hydrogen) atoms. The summed E-state index contributed by atoms with van der Waals surface area (Å²) >= 11 is 0. The number of benzene rings is 1. The number of carboxylic acid groups (broad SMARTS) is 1. The molecular weight excluding hydrogens is 249 g/mol. The molecule has 0 bridgehead atoms. The van der Waals surface area contributed by atoms with Crippen molar-refractivity contribution in [1.82, 2.24) is 10.2 Å². The Morgan fingerprint density at radius 3 is 3.11 bits per heavy atom. The average molecular weight is 263 g/mol. The monoisotopic (exact) mass is 263 g/mol. The third-order valence-electron chi connectivity index (χ3n) is 3.19. The first-order valence-electron chi connectivity index (χ1n) is 5.98. The van der Waals surface area contributed by atoms with E-state index in [4.69, 9.17) is 10.4 Å². The van der Waals surface area contributed by atoms with Crippen molar-refractivity contribution in [3.05, 3.63) is 35.1 Å². The minimum absolute atomic E-state index is 0.194. The molecule has 100 valence electrons. The summed E-state index contributed by atoms with van der Waals surface area (Å²) in [5, 5.41) is 20.9. The summed E-state index contributed by atoms with van der Waals surface area (Å²) in [4.78, 5) is 12.8. The van der Waals surface area contributed by atoms with E-state index >= 15 is 0 Å². The number of aliphatic carboxylic acids is 1. The van der Waals surface area contributed by atoms with Crippen LogP contribution < -0.4 is 5.32 Å². The van der Waals surface area contributed by atoms with E-state index < -0.39 is 17.8 Å². The molecule has 1 aromatic carbocycles. The van der Waals surface area contributed by atoms with Crippen LogP contribution in [0.4, 0.5) is 4.39 Å². The maximum atomic E-state index is 13.7. The van der Waals surface area contributed by atoms with Crippen molar-refractivity contribution in [1.29, 1.82) is 5.26 Å². The molecule has 1 unspecified atom stereocenters. The van der Waals surface area contributed by atoms with Crippen LogP contribution in [0.25, 0.3) is 0 Å². The van der Waals surface area contributed by atoms with Crippen molar-refractivity contribution in [2.75, 3.05) is 19.6 Å². The minimum atomic E-state index is -0.927. The lowest BCUT2D eigenvalue weighted by molar-refractivity contribution is -0.144. The minimum Gasteiger partial charge on any atom is -0.480 e. The van der Waals surface area contributed by atoms with Crippen molar-refractivity contribution in [3.8, 4) is 6.07 Å². The first kappa shape index (κ1) is 13.5. The Kier molecular flexibility index (Phi) is 4.10. The fraction of sp³-hybridized carbons (Fsp3) is 0.385. The summed E-state index contributed by atoms with van der Waals surface area (Å²) in [7, 11) is 0. The van der Waals surface area contributed by atoms with Crippen LogP contribution in [-0.4, -0.2) is 41.7 Å². The Bertz CT molecular complexity index is 527. The van der Waals surface area contributed by atoms with Gasteiger partial charge in [0, 0.05) is 31.7 Å². The van der Waals surface area contributed by atoms with E-state index in [9.17, 15) is 9.18 Å². The van der Waals surface area contributed by atoms with E-state index in [1.807, 2.05) is 6.07 Å². The van der Waals surface area contributed by atoms with E-state index in [1.54, 1.807) is 4.90 Å². The second-order valence-corrected chi connectivity index (χ2v) is 4.45. The SMILES string of the molecule is N#Cc1ccc(F)c(CN2CCNCC2C(=O)O)c1. The predicted octanol–water partition coefficient (Wildman–Crippen LogP) is 0.556. The molecule has 2 rings (SSSR count). The quantitative estimate of drug-likeness (QED) is 0.833. The number of carboxylic acids is 1. The normalized spacial score (nSPS) is 19.9. The highest BCUT2D eigenvalue weighted by atomic mass is 19.1. The van der Waals surface area contributed by atoms with E-state index in [2.05, 4.69) is 5.32 Å². The molecule has 1 atom stereocenters. The molecule has 6 heteroatoms. The van der Waals surface area contributed by atoms with Crippen LogP contribution in [0.5, 0.6) is 0 Å². The Labute approximate surface area is 110 Å². The lowest BCUT2D eigenvalue weighted by Crippen LogP contribution is -2.54. The average Bonchev–Trinajstić information content (AvgIpc) is 2.41. The van der Waals surface area contributed by atoms with Gasteiger partial charge in [-0.2, -0.15) is 5.26 Å². The zero-order valence-corrected chi connectivity index (χ0v) is 10.3. The van der Waals surface area contributed by atoms with Gasteiger partial charge in [0.15, 0.2) is 0 Å². The first-order chi connectivity index (χ1) is 9.11. The van der Waals surface area contributed by atoms with Gasteiger partial charge in [-0.1, -0.05) is 0 Å². The maximum absolute atomic E-state index is 13.7. The van der Waals surface area contributed by atoms with Crippen LogP contribution in [0.2, 0.25) is 0 Å². The summed E-state index contributed by atoms with van der Waals surface area (Å²) in [6, 6.07) is 5.40. The molecule has 1 saturated heterocycles. The highest BCUT2D eigenvalue weighted by Crippen LogP contribution is 2.15. The molecule has 1 fully saturated rings. The molecule has 0 amide bonds. The molecule has 2 N–H and O–H groups in total. The number of nitrogens with one attached hydrogen (secondary N) is 1. The van der Waals surface area contributed by atoms with Gasteiger partial charge in [0.1, 0.15) is 11.9 Å². The Balaban J connectivity index is 2.19. The number of carbonyl (C=O) groups is 1. The number of nitriles is 1. The van der Waals surface area contributed by atoms with Gasteiger partial charge in [-0.15, -0.1) is 0 Å². The molecule has 1 aliphatic heterocycles. The maximum Gasteiger partial charge on any atom is 0.322 e. The van der Waals surface area contributed by atoms with Crippen molar-refractivity contribution >= 4 is 5.97 Å². The molecule has 1 aromatic rings. The van der Waals surface area contributed by atoms with Crippen LogP contribution in [0.15, 0.2) is 18.2 Å². The largest absolute Gasteiger partial charge is 0.480 e. The number of nitrogens with zero attached hydrogens (tertiary/aromatic N) is 2. The van der Waals surface area contributed by atoms with Gasteiger partial charge >= 0.3 is 5.97 Å². The van der Waals surface area contributed by atoms with E-state index in [1.165, 1.54) is 18.2 Å². The summed E-state index contributed by atoms with van der Waals surface area (Å²) in [6.45, 7) is 1.74.